The number of hydrogen-bond donors (Lipinski definition) is 3. The van der Waals surface area contributed by atoms with Crippen LogP contribution in [-0.2, 0) is 0 Å². The van der Waals surface area contributed by atoms with Crippen LogP contribution < -0.4 is 15.4 Å². The summed E-state index contributed by atoms with van der Waals surface area (Å²) in [6, 6.07) is 1.20. The number of aliphatic hydroxyl groups excluding tert-OH is 1. The molecule has 0 saturated carbocycles. The van der Waals surface area contributed by atoms with Gasteiger partial charge >= 0.3 is 6.03 Å². The number of nitrogens with one attached hydrogen (secondary N) is 2. The molecule has 3 N–H and O–H groups in total. The van der Waals surface area contributed by atoms with Crippen molar-refractivity contribution in [1.82, 2.24) is 9.69 Å². The Morgan fingerprint density at radius 3 is 2.91 bits per heavy atom. The lowest BCUT2D eigenvalue weighted by atomic mass is 10.1. The highest BCUT2D eigenvalue weighted by molar-refractivity contribution is 7.04. The van der Waals surface area contributed by atoms with E-state index in [2.05, 4.69) is 15.0 Å². The summed E-state index contributed by atoms with van der Waals surface area (Å²) in [5.41, 5.74) is 0.329. The molecule has 22 heavy (non-hydrogen) atoms. The van der Waals surface area contributed by atoms with Crippen LogP contribution >= 0.6 is 11.5 Å². The quantitative estimate of drug-likeness (QED) is 0.786. The van der Waals surface area contributed by atoms with E-state index in [4.69, 9.17) is 4.74 Å². The molecule has 6 nitrogen and oxygen atoms in total. The highest BCUT2D eigenvalue weighted by Gasteiger charge is 2.19. The van der Waals surface area contributed by atoms with Gasteiger partial charge in [0.1, 0.15) is 17.3 Å². The van der Waals surface area contributed by atoms with E-state index in [0.29, 0.717) is 11.8 Å². The van der Waals surface area contributed by atoms with Crippen LogP contribution in [0.15, 0.2) is 23.6 Å². The fourth-order valence-corrected chi connectivity index (χ4v) is 2.37. The molecule has 1 aromatic carbocycles. The molecule has 1 heterocycles. The summed E-state index contributed by atoms with van der Waals surface area (Å²) in [6.45, 7) is -0.547. The maximum atomic E-state index is 13.7. The minimum Gasteiger partial charge on any atom is -0.479 e. The molecule has 0 bridgehead atoms. The molecular formula is C13H13F2N3O3S. The Morgan fingerprint density at radius 1 is 1.50 bits per heavy atom. The van der Waals surface area contributed by atoms with Crippen LogP contribution in [0.4, 0.5) is 19.3 Å². The van der Waals surface area contributed by atoms with Gasteiger partial charge in [-0.2, -0.15) is 4.37 Å². The third-order valence-electron chi connectivity index (χ3n) is 2.80. The van der Waals surface area contributed by atoms with Gasteiger partial charge in [0.25, 0.3) is 0 Å². The number of amides is 2. The molecule has 0 aliphatic carbocycles. The predicted octanol–water partition coefficient (Wildman–Crippen LogP) is 2.29. The zero-order valence-corrected chi connectivity index (χ0v) is 12.3. The largest absolute Gasteiger partial charge is 0.479 e. The monoisotopic (exact) mass is 329 g/mol. The van der Waals surface area contributed by atoms with E-state index >= 15 is 0 Å². The number of anilines is 1. The Balaban J connectivity index is 2.08. The normalized spacial score (nSPS) is 11.8. The molecule has 0 fully saturated rings. The second-order valence-corrected chi connectivity index (χ2v) is 4.87. The summed E-state index contributed by atoms with van der Waals surface area (Å²) in [7, 11) is 1.41. The van der Waals surface area contributed by atoms with Crippen LogP contribution in [0.25, 0.3) is 0 Å². The van der Waals surface area contributed by atoms with Crippen LogP contribution in [0.3, 0.4) is 0 Å². The first-order valence-corrected chi connectivity index (χ1v) is 7.00. The first-order chi connectivity index (χ1) is 10.5. The Bertz CT molecular complexity index is 666. The fourth-order valence-electron chi connectivity index (χ4n) is 1.78. The molecule has 2 aromatic rings. The first kappa shape index (κ1) is 16.1. The van der Waals surface area contributed by atoms with Gasteiger partial charge < -0.3 is 20.5 Å². The number of benzene rings is 1. The molecule has 1 atom stereocenters. The number of aromatic nitrogens is 1. The van der Waals surface area contributed by atoms with Crippen molar-refractivity contribution in [3.63, 3.8) is 0 Å². The Morgan fingerprint density at radius 2 is 2.27 bits per heavy atom. The zero-order chi connectivity index (χ0) is 16.1. The molecular weight excluding hydrogens is 316 g/mol. The SMILES string of the molecule is COc1nscc1NC(=O)NC(CO)c1ccc(F)cc1F. The first-order valence-electron chi connectivity index (χ1n) is 6.16. The number of ether oxygens (including phenoxy) is 1. The summed E-state index contributed by atoms with van der Waals surface area (Å²) in [4.78, 5) is 11.9. The van der Waals surface area contributed by atoms with Gasteiger partial charge in [0.15, 0.2) is 0 Å². The summed E-state index contributed by atoms with van der Waals surface area (Å²) in [5.74, 6) is -1.35. The molecule has 0 aliphatic heterocycles. The topological polar surface area (TPSA) is 83.5 Å². The maximum absolute atomic E-state index is 13.7. The Labute approximate surface area is 128 Å². The lowest BCUT2D eigenvalue weighted by molar-refractivity contribution is 0.223. The van der Waals surface area contributed by atoms with Crippen molar-refractivity contribution in [2.45, 2.75) is 6.04 Å². The van der Waals surface area contributed by atoms with Crippen molar-refractivity contribution in [3.8, 4) is 5.88 Å². The van der Waals surface area contributed by atoms with E-state index in [1.165, 1.54) is 13.2 Å². The van der Waals surface area contributed by atoms with E-state index in [0.717, 1.165) is 17.6 Å². The summed E-state index contributed by atoms with van der Waals surface area (Å²) < 4.78 is 35.4. The minimum atomic E-state index is -1.02. The van der Waals surface area contributed by atoms with E-state index < -0.39 is 30.3 Å². The summed E-state index contributed by atoms with van der Waals surface area (Å²) in [6.07, 6.45) is 0. The molecule has 118 valence electrons. The van der Waals surface area contributed by atoms with E-state index in [-0.39, 0.29) is 11.4 Å². The summed E-state index contributed by atoms with van der Waals surface area (Å²) in [5, 5.41) is 15.7. The average Bonchev–Trinajstić information content (AvgIpc) is 2.92. The number of halogens is 2. The smallest absolute Gasteiger partial charge is 0.319 e. The lowest BCUT2D eigenvalue weighted by Gasteiger charge is -2.17. The number of nitrogens with zero attached hydrogens (tertiary/aromatic N) is 1. The molecule has 0 spiro atoms. The highest BCUT2D eigenvalue weighted by Crippen LogP contribution is 2.24. The van der Waals surface area contributed by atoms with Gasteiger partial charge in [0.05, 0.1) is 19.8 Å². The van der Waals surface area contributed by atoms with Gasteiger partial charge in [0, 0.05) is 17.0 Å². The van der Waals surface area contributed by atoms with Crippen molar-refractivity contribution in [2.24, 2.45) is 0 Å². The summed E-state index contributed by atoms with van der Waals surface area (Å²) >= 11 is 1.09. The number of aliphatic hydroxyl groups is 1. The number of methoxy groups -OCH3 is 1. The fraction of sp³-hybridized carbons (Fsp3) is 0.231. The number of hydrogen-bond acceptors (Lipinski definition) is 5. The van der Waals surface area contributed by atoms with E-state index in [1.807, 2.05) is 0 Å². The van der Waals surface area contributed by atoms with Gasteiger partial charge in [-0.3, -0.25) is 0 Å². The predicted molar refractivity (Wildman–Crippen MR) is 77.0 cm³/mol. The van der Waals surface area contributed by atoms with Gasteiger partial charge in [0.2, 0.25) is 5.88 Å². The number of rotatable bonds is 5. The highest BCUT2D eigenvalue weighted by atomic mass is 32.1. The molecule has 0 saturated heterocycles. The molecule has 9 heteroatoms. The van der Waals surface area contributed by atoms with Crippen LogP contribution in [0.1, 0.15) is 11.6 Å². The van der Waals surface area contributed by atoms with Crippen LogP contribution in [-0.4, -0.2) is 29.2 Å². The van der Waals surface area contributed by atoms with Crippen LogP contribution in [0.2, 0.25) is 0 Å². The second-order valence-electron chi connectivity index (χ2n) is 4.24. The Hall–Kier alpha value is -2.26. The maximum Gasteiger partial charge on any atom is 0.319 e. The average molecular weight is 329 g/mol. The number of carbonyl (C=O) groups excluding carboxylic acids is 1. The molecule has 2 rings (SSSR count). The van der Waals surface area contributed by atoms with E-state index in [9.17, 15) is 18.7 Å². The molecule has 1 unspecified atom stereocenters. The number of urea groups is 1. The third-order valence-corrected chi connectivity index (χ3v) is 3.42. The van der Waals surface area contributed by atoms with Crippen molar-refractivity contribution in [3.05, 3.63) is 40.8 Å². The van der Waals surface area contributed by atoms with Gasteiger partial charge in [-0.15, -0.1) is 0 Å². The van der Waals surface area contributed by atoms with Crippen LogP contribution in [0.5, 0.6) is 5.88 Å². The van der Waals surface area contributed by atoms with Gasteiger partial charge in [-0.05, 0) is 17.6 Å². The molecule has 0 aliphatic rings. The molecule has 1 aromatic heterocycles. The van der Waals surface area contributed by atoms with Gasteiger partial charge in [-0.25, -0.2) is 13.6 Å². The standard InChI is InChI=1S/C13H13F2N3O3S/c1-21-12-11(6-22-18-12)17-13(20)16-10(5-19)8-3-2-7(14)4-9(8)15/h2-4,6,10,19H,5H2,1H3,(H2,16,17,20). The zero-order valence-electron chi connectivity index (χ0n) is 11.5. The molecule has 2 amide bonds. The molecule has 0 radical (unpaired) electrons. The van der Waals surface area contributed by atoms with Crippen molar-refractivity contribution in [1.29, 1.82) is 0 Å². The number of carbonyl (C=O) groups is 1. The third kappa shape index (κ3) is 3.68. The van der Waals surface area contributed by atoms with Gasteiger partial charge in [-0.1, -0.05) is 6.07 Å². The Kier molecular flexibility index (Phi) is 5.23. The lowest BCUT2D eigenvalue weighted by Crippen LogP contribution is -2.34. The minimum absolute atomic E-state index is 0.0190. The van der Waals surface area contributed by atoms with Crippen LogP contribution in [0, 0.1) is 11.6 Å². The van der Waals surface area contributed by atoms with Crippen molar-refractivity contribution >= 4 is 23.3 Å². The van der Waals surface area contributed by atoms with E-state index in [1.54, 1.807) is 5.38 Å². The van der Waals surface area contributed by atoms with Crippen molar-refractivity contribution in [2.75, 3.05) is 19.0 Å². The van der Waals surface area contributed by atoms with Crippen molar-refractivity contribution < 1.29 is 23.4 Å². The second kappa shape index (κ2) is 7.14.